The Morgan fingerprint density at radius 2 is 2.14 bits per heavy atom. The van der Waals surface area contributed by atoms with Crippen molar-refractivity contribution < 1.29 is 9.53 Å². The number of carbonyl (C=O) groups is 1. The van der Waals surface area contributed by atoms with Gasteiger partial charge in [0.1, 0.15) is 4.93 Å². The Balaban J connectivity index is 2.74. The van der Waals surface area contributed by atoms with Gasteiger partial charge < -0.3 is 4.74 Å². The summed E-state index contributed by atoms with van der Waals surface area (Å²) in [5, 5.41) is 4.13. The molecule has 3 heteroatoms. The van der Waals surface area contributed by atoms with Gasteiger partial charge in [-0.25, -0.2) is 4.79 Å². The van der Waals surface area contributed by atoms with Crippen LogP contribution in [0.1, 0.15) is 13.3 Å². The van der Waals surface area contributed by atoms with E-state index in [0.29, 0.717) is 6.42 Å². The molecule has 0 aromatic rings. The van der Waals surface area contributed by atoms with E-state index in [1.165, 1.54) is 6.08 Å². The molecule has 1 atom stereocenters. The van der Waals surface area contributed by atoms with Gasteiger partial charge in [-0.3, -0.25) is 0 Å². The molecule has 0 N–H and O–H groups in total. The lowest BCUT2D eigenvalue weighted by molar-refractivity contribution is -0.144. The zero-order valence-corrected chi connectivity index (χ0v) is 9.17. The lowest BCUT2D eigenvalue weighted by atomic mass is 10.3. The van der Waals surface area contributed by atoms with Crippen LogP contribution in [0.5, 0.6) is 0 Å². The fraction of sp³-hybridized carbons (Fsp3) is 0.273. The van der Waals surface area contributed by atoms with Crippen LogP contribution in [-0.2, 0) is 9.53 Å². The Morgan fingerprint density at radius 3 is 2.57 bits per heavy atom. The Hall–Kier alpha value is -0.960. The van der Waals surface area contributed by atoms with Crippen molar-refractivity contribution in [1.29, 1.82) is 0 Å². The molecule has 1 heterocycles. The highest BCUT2D eigenvalue weighted by molar-refractivity contribution is 8.23. The average molecular weight is 211 g/mol. The van der Waals surface area contributed by atoms with Crippen molar-refractivity contribution in [3.63, 3.8) is 0 Å². The molecule has 0 fully saturated rings. The first kappa shape index (κ1) is 11.1. The lowest BCUT2D eigenvalue weighted by Crippen LogP contribution is -2.28. The van der Waals surface area contributed by atoms with Crippen molar-refractivity contribution in [2.24, 2.45) is 0 Å². The summed E-state index contributed by atoms with van der Waals surface area (Å²) >= 11 is 0. The third-order valence-electron chi connectivity index (χ3n) is 2.10. The third kappa shape index (κ3) is 2.29. The SMILES string of the molecule is [CH2]CC(C)(OC(=O)C=C)[SH]1C=CC=C1. The van der Waals surface area contributed by atoms with Gasteiger partial charge in [0.25, 0.3) is 0 Å². The van der Waals surface area contributed by atoms with E-state index < -0.39 is 15.8 Å². The fourth-order valence-electron chi connectivity index (χ4n) is 1.14. The molecule has 0 aromatic heterocycles. The van der Waals surface area contributed by atoms with Crippen molar-refractivity contribution in [2.75, 3.05) is 0 Å². The van der Waals surface area contributed by atoms with E-state index >= 15 is 0 Å². The predicted octanol–water partition coefficient (Wildman–Crippen LogP) is 2.70. The van der Waals surface area contributed by atoms with E-state index in [-0.39, 0.29) is 5.97 Å². The molecule has 0 aromatic carbocycles. The average Bonchev–Trinajstić information content (AvgIpc) is 2.70. The summed E-state index contributed by atoms with van der Waals surface area (Å²) in [6.07, 6.45) is 5.70. The molecule has 2 nitrogen and oxygen atoms in total. The molecule has 0 saturated carbocycles. The summed E-state index contributed by atoms with van der Waals surface area (Å²) in [6.45, 7) is 9.12. The van der Waals surface area contributed by atoms with Crippen LogP contribution in [0.15, 0.2) is 35.6 Å². The van der Waals surface area contributed by atoms with Crippen molar-refractivity contribution in [3.05, 3.63) is 42.5 Å². The number of allylic oxidation sites excluding steroid dienone is 2. The number of carbonyl (C=O) groups excluding carboxylic acids is 1. The molecular formula is C11H15O2S. The summed E-state index contributed by atoms with van der Waals surface area (Å²) in [7, 11) is -0.543. The third-order valence-corrected chi connectivity index (χ3v) is 4.50. The Labute approximate surface area is 87.7 Å². The fourth-order valence-corrected chi connectivity index (χ4v) is 2.89. The van der Waals surface area contributed by atoms with Gasteiger partial charge in [0.05, 0.1) is 0 Å². The van der Waals surface area contributed by atoms with E-state index in [2.05, 4.69) is 24.3 Å². The molecule has 0 amide bonds. The van der Waals surface area contributed by atoms with Crippen LogP contribution in [0.4, 0.5) is 0 Å². The second-order valence-electron chi connectivity index (χ2n) is 3.14. The molecule has 0 aliphatic carbocycles. The number of rotatable bonds is 4. The zero-order valence-electron chi connectivity index (χ0n) is 8.27. The quantitative estimate of drug-likeness (QED) is 0.439. The van der Waals surface area contributed by atoms with Crippen LogP contribution < -0.4 is 0 Å². The standard InChI is InChI=1S/C11H15O2S/c1-4-10(12)13-11(3,5-2)14-8-6-7-9-14/h4,6-9,14H,1-2,5H2,3H3. The highest BCUT2D eigenvalue weighted by atomic mass is 32.2. The molecular weight excluding hydrogens is 196 g/mol. The maximum atomic E-state index is 11.1. The molecule has 1 aliphatic heterocycles. The molecule has 1 radical (unpaired) electrons. The summed E-state index contributed by atoms with van der Waals surface area (Å²) < 4.78 is 5.33. The monoisotopic (exact) mass is 211 g/mol. The van der Waals surface area contributed by atoms with Crippen molar-refractivity contribution >= 4 is 16.9 Å². The highest BCUT2D eigenvalue weighted by Crippen LogP contribution is 2.48. The minimum Gasteiger partial charge on any atom is -0.446 e. The number of hydrogen-bond acceptors (Lipinski definition) is 2. The van der Waals surface area contributed by atoms with Gasteiger partial charge in [0, 0.05) is 6.08 Å². The molecule has 14 heavy (non-hydrogen) atoms. The molecule has 1 aliphatic rings. The number of esters is 1. The lowest BCUT2D eigenvalue weighted by Gasteiger charge is -2.34. The van der Waals surface area contributed by atoms with Crippen LogP contribution in [-0.4, -0.2) is 10.9 Å². The van der Waals surface area contributed by atoms with Crippen molar-refractivity contribution in [3.8, 4) is 0 Å². The molecule has 1 rings (SSSR count). The molecule has 0 spiro atoms. The molecule has 0 bridgehead atoms. The Kier molecular flexibility index (Phi) is 3.58. The van der Waals surface area contributed by atoms with E-state index in [4.69, 9.17) is 4.74 Å². The normalized spacial score (nSPS) is 20.6. The number of hydrogen-bond donors (Lipinski definition) is 1. The molecule has 0 saturated heterocycles. The van der Waals surface area contributed by atoms with Crippen LogP contribution in [0.3, 0.4) is 0 Å². The minimum absolute atomic E-state index is 0.382. The van der Waals surface area contributed by atoms with Crippen LogP contribution in [0, 0.1) is 6.92 Å². The summed E-state index contributed by atoms with van der Waals surface area (Å²) in [6, 6.07) is 0. The summed E-state index contributed by atoms with van der Waals surface area (Å²) in [5.41, 5.74) is 0. The van der Waals surface area contributed by atoms with Gasteiger partial charge in [-0.05, 0) is 31.1 Å². The topological polar surface area (TPSA) is 26.3 Å². The van der Waals surface area contributed by atoms with Gasteiger partial charge in [0.15, 0.2) is 0 Å². The van der Waals surface area contributed by atoms with Crippen LogP contribution >= 0.6 is 10.9 Å². The van der Waals surface area contributed by atoms with Gasteiger partial charge in [-0.2, -0.15) is 10.9 Å². The van der Waals surface area contributed by atoms with Crippen LogP contribution in [0.2, 0.25) is 0 Å². The van der Waals surface area contributed by atoms with Gasteiger partial charge in [-0.15, -0.1) is 0 Å². The first-order valence-electron chi connectivity index (χ1n) is 4.40. The largest absolute Gasteiger partial charge is 0.446 e. The predicted molar refractivity (Wildman–Crippen MR) is 61.9 cm³/mol. The van der Waals surface area contributed by atoms with Crippen LogP contribution in [0.25, 0.3) is 0 Å². The van der Waals surface area contributed by atoms with E-state index in [9.17, 15) is 4.79 Å². The summed E-state index contributed by atoms with van der Waals surface area (Å²) in [5.74, 6) is -0.382. The van der Waals surface area contributed by atoms with Gasteiger partial charge in [0.2, 0.25) is 0 Å². The Morgan fingerprint density at radius 1 is 1.57 bits per heavy atom. The zero-order chi connectivity index (χ0) is 10.6. The first-order chi connectivity index (χ1) is 6.62. The summed E-state index contributed by atoms with van der Waals surface area (Å²) in [4.78, 5) is 10.6. The maximum Gasteiger partial charge on any atom is 0.331 e. The second-order valence-corrected chi connectivity index (χ2v) is 5.50. The van der Waals surface area contributed by atoms with E-state index in [1.54, 1.807) is 0 Å². The number of ether oxygens (including phenoxy) is 1. The van der Waals surface area contributed by atoms with Crippen molar-refractivity contribution in [1.82, 2.24) is 0 Å². The van der Waals surface area contributed by atoms with Gasteiger partial charge >= 0.3 is 5.97 Å². The smallest absolute Gasteiger partial charge is 0.331 e. The first-order valence-corrected chi connectivity index (χ1v) is 5.88. The molecule has 77 valence electrons. The number of thiol groups is 1. The second kappa shape index (κ2) is 4.51. The molecule has 1 unspecified atom stereocenters. The van der Waals surface area contributed by atoms with Crippen molar-refractivity contribution in [2.45, 2.75) is 18.3 Å². The highest BCUT2D eigenvalue weighted by Gasteiger charge is 2.31. The maximum absolute atomic E-state index is 11.1. The van der Waals surface area contributed by atoms with Gasteiger partial charge in [-0.1, -0.05) is 18.7 Å². The Bertz CT molecular complexity index is 282. The minimum atomic E-state index is -0.543. The van der Waals surface area contributed by atoms with E-state index in [0.717, 1.165) is 0 Å². The van der Waals surface area contributed by atoms with E-state index in [1.807, 2.05) is 19.1 Å².